The normalized spacial score (nSPS) is 14.9. The van der Waals surface area contributed by atoms with Crippen molar-refractivity contribution in [3.05, 3.63) is 41.0 Å². The molecule has 1 aromatic carbocycles. The second-order valence-electron chi connectivity index (χ2n) is 6.30. The molecule has 0 atom stereocenters. The van der Waals surface area contributed by atoms with E-state index in [1.54, 1.807) is 4.90 Å². The van der Waals surface area contributed by atoms with Gasteiger partial charge < -0.3 is 9.64 Å². The Morgan fingerprint density at radius 3 is 2.67 bits per heavy atom. The molecule has 112 valence electrons. The number of aldehydes is 1. The molecule has 4 heteroatoms. The largest absolute Gasteiger partial charge is 0.444 e. The van der Waals surface area contributed by atoms with Crippen molar-refractivity contribution in [3.8, 4) is 0 Å². The summed E-state index contributed by atoms with van der Waals surface area (Å²) in [5.41, 5.74) is 3.13. The van der Waals surface area contributed by atoms with E-state index < -0.39 is 5.60 Å². The molecule has 1 heterocycles. The van der Waals surface area contributed by atoms with Crippen LogP contribution in [0.5, 0.6) is 0 Å². The molecule has 21 heavy (non-hydrogen) atoms. The van der Waals surface area contributed by atoms with Gasteiger partial charge in [0, 0.05) is 18.7 Å². The van der Waals surface area contributed by atoms with Gasteiger partial charge in [0.05, 0.1) is 0 Å². The Bertz CT molecular complexity index is 597. The van der Waals surface area contributed by atoms with E-state index in [2.05, 4.69) is 0 Å². The van der Waals surface area contributed by atoms with Crippen LogP contribution < -0.4 is 0 Å². The standard InChI is InChI=1S/C17H21NO3/c1-12-5-6-14(11-19)15(9-12)13-7-8-18(10-13)16(20)21-17(2,3)4/h5-7,9,11H,8,10H2,1-4H3. The van der Waals surface area contributed by atoms with E-state index in [0.717, 1.165) is 23.0 Å². The third-order valence-corrected chi connectivity index (χ3v) is 3.25. The molecule has 4 nitrogen and oxygen atoms in total. The Morgan fingerprint density at radius 2 is 2.05 bits per heavy atom. The van der Waals surface area contributed by atoms with Crippen LogP contribution in [0.4, 0.5) is 4.79 Å². The first-order chi connectivity index (χ1) is 9.80. The number of amides is 1. The molecular weight excluding hydrogens is 266 g/mol. The fourth-order valence-electron chi connectivity index (χ4n) is 2.27. The number of hydrogen-bond donors (Lipinski definition) is 0. The van der Waals surface area contributed by atoms with Gasteiger partial charge in [-0.1, -0.05) is 29.8 Å². The predicted octanol–water partition coefficient (Wildman–Crippen LogP) is 3.44. The molecular formula is C17H21NO3. The van der Waals surface area contributed by atoms with E-state index in [4.69, 9.17) is 4.74 Å². The molecule has 0 radical (unpaired) electrons. The van der Waals surface area contributed by atoms with Crippen LogP contribution in [0.2, 0.25) is 0 Å². The SMILES string of the molecule is Cc1ccc(C=O)c(C2=CCN(C(=O)OC(C)(C)C)C2)c1. The number of nitrogens with zero attached hydrogens (tertiary/aromatic N) is 1. The summed E-state index contributed by atoms with van der Waals surface area (Å²) < 4.78 is 5.37. The summed E-state index contributed by atoms with van der Waals surface area (Å²) in [7, 11) is 0. The van der Waals surface area contributed by atoms with Gasteiger partial charge in [-0.25, -0.2) is 4.79 Å². The minimum atomic E-state index is -0.503. The molecule has 2 rings (SSSR count). The highest BCUT2D eigenvalue weighted by atomic mass is 16.6. The van der Waals surface area contributed by atoms with E-state index in [-0.39, 0.29) is 6.09 Å². The van der Waals surface area contributed by atoms with Crippen molar-refractivity contribution in [2.75, 3.05) is 13.1 Å². The second-order valence-corrected chi connectivity index (χ2v) is 6.30. The smallest absolute Gasteiger partial charge is 0.410 e. The van der Waals surface area contributed by atoms with Gasteiger partial charge in [0.25, 0.3) is 0 Å². The van der Waals surface area contributed by atoms with Crippen molar-refractivity contribution in [3.63, 3.8) is 0 Å². The van der Waals surface area contributed by atoms with E-state index in [1.807, 2.05) is 52.0 Å². The molecule has 0 bridgehead atoms. The maximum Gasteiger partial charge on any atom is 0.410 e. The van der Waals surface area contributed by atoms with Crippen LogP contribution in [-0.4, -0.2) is 36.0 Å². The Kier molecular flexibility index (Phi) is 4.16. The van der Waals surface area contributed by atoms with E-state index in [0.29, 0.717) is 18.7 Å². The van der Waals surface area contributed by atoms with E-state index in [9.17, 15) is 9.59 Å². The van der Waals surface area contributed by atoms with Gasteiger partial charge in [-0.05, 0) is 38.8 Å². The molecule has 0 N–H and O–H groups in total. The summed E-state index contributed by atoms with van der Waals surface area (Å²) in [4.78, 5) is 24.9. The summed E-state index contributed by atoms with van der Waals surface area (Å²) in [6.45, 7) is 8.51. The van der Waals surface area contributed by atoms with Gasteiger partial charge in [0.15, 0.2) is 6.29 Å². The van der Waals surface area contributed by atoms with Crippen LogP contribution in [0, 0.1) is 6.92 Å². The third kappa shape index (κ3) is 3.72. The van der Waals surface area contributed by atoms with Crippen molar-refractivity contribution in [1.29, 1.82) is 0 Å². The lowest BCUT2D eigenvalue weighted by molar-refractivity contribution is 0.0306. The first-order valence-corrected chi connectivity index (χ1v) is 7.03. The van der Waals surface area contributed by atoms with Crippen molar-refractivity contribution in [1.82, 2.24) is 4.90 Å². The quantitative estimate of drug-likeness (QED) is 0.783. The number of aryl methyl sites for hydroxylation is 1. The third-order valence-electron chi connectivity index (χ3n) is 3.25. The van der Waals surface area contributed by atoms with E-state index in [1.165, 1.54) is 0 Å². The fourth-order valence-corrected chi connectivity index (χ4v) is 2.27. The summed E-state index contributed by atoms with van der Waals surface area (Å²) in [5, 5.41) is 0. The summed E-state index contributed by atoms with van der Waals surface area (Å²) in [5.74, 6) is 0. The van der Waals surface area contributed by atoms with Crippen LogP contribution in [0.25, 0.3) is 5.57 Å². The van der Waals surface area contributed by atoms with Crippen molar-refractivity contribution >= 4 is 18.0 Å². The Hall–Kier alpha value is -2.10. The van der Waals surface area contributed by atoms with Gasteiger partial charge >= 0.3 is 6.09 Å². The highest BCUT2D eigenvalue weighted by Crippen LogP contribution is 2.25. The molecule has 1 aliphatic heterocycles. The van der Waals surface area contributed by atoms with Gasteiger partial charge in [-0.3, -0.25) is 4.79 Å². The molecule has 1 aromatic rings. The van der Waals surface area contributed by atoms with Crippen molar-refractivity contribution in [2.45, 2.75) is 33.3 Å². The second kappa shape index (κ2) is 5.72. The number of rotatable bonds is 2. The van der Waals surface area contributed by atoms with Gasteiger partial charge in [0.1, 0.15) is 5.60 Å². The molecule has 0 fully saturated rings. The molecule has 0 aliphatic carbocycles. The lowest BCUT2D eigenvalue weighted by Gasteiger charge is -2.24. The lowest BCUT2D eigenvalue weighted by Crippen LogP contribution is -2.35. The molecule has 0 spiro atoms. The van der Waals surface area contributed by atoms with Crippen LogP contribution in [-0.2, 0) is 4.74 Å². The molecule has 0 saturated carbocycles. The molecule has 1 aliphatic rings. The molecule has 0 aromatic heterocycles. The zero-order chi connectivity index (χ0) is 15.6. The van der Waals surface area contributed by atoms with Crippen LogP contribution in [0.3, 0.4) is 0 Å². The number of carbonyl (C=O) groups excluding carboxylic acids is 2. The van der Waals surface area contributed by atoms with Gasteiger partial charge in [0.2, 0.25) is 0 Å². The topological polar surface area (TPSA) is 46.6 Å². The Labute approximate surface area is 125 Å². The zero-order valence-corrected chi connectivity index (χ0v) is 13.0. The molecule has 0 unspecified atom stereocenters. The monoisotopic (exact) mass is 287 g/mol. The number of benzene rings is 1. The average Bonchev–Trinajstić information content (AvgIpc) is 2.86. The van der Waals surface area contributed by atoms with Gasteiger partial charge in [-0.15, -0.1) is 0 Å². The Morgan fingerprint density at radius 1 is 1.33 bits per heavy atom. The zero-order valence-electron chi connectivity index (χ0n) is 13.0. The number of carbonyl (C=O) groups is 2. The van der Waals surface area contributed by atoms with Crippen LogP contribution in [0.15, 0.2) is 24.3 Å². The lowest BCUT2D eigenvalue weighted by atomic mass is 9.99. The number of ether oxygens (including phenoxy) is 1. The Balaban J connectivity index is 2.14. The van der Waals surface area contributed by atoms with Crippen LogP contribution >= 0.6 is 0 Å². The predicted molar refractivity (Wildman–Crippen MR) is 82.4 cm³/mol. The van der Waals surface area contributed by atoms with Crippen molar-refractivity contribution < 1.29 is 14.3 Å². The minimum Gasteiger partial charge on any atom is -0.444 e. The number of hydrogen-bond acceptors (Lipinski definition) is 3. The molecule has 0 saturated heterocycles. The first-order valence-electron chi connectivity index (χ1n) is 7.03. The molecule has 1 amide bonds. The summed E-state index contributed by atoms with van der Waals surface area (Å²) in [6.07, 6.45) is 2.51. The summed E-state index contributed by atoms with van der Waals surface area (Å²) in [6, 6.07) is 5.71. The average molecular weight is 287 g/mol. The van der Waals surface area contributed by atoms with Crippen LogP contribution in [0.1, 0.15) is 42.3 Å². The summed E-state index contributed by atoms with van der Waals surface area (Å²) >= 11 is 0. The maximum absolute atomic E-state index is 12.1. The first kappa shape index (κ1) is 15.3. The highest BCUT2D eigenvalue weighted by molar-refractivity contribution is 5.88. The van der Waals surface area contributed by atoms with E-state index >= 15 is 0 Å². The fraction of sp³-hybridized carbons (Fsp3) is 0.412. The van der Waals surface area contributed by atoms with Gasteiger partial charge in [-0.2, -0.15) is 0 Å². The minimum absolute atomic E-state index is 0.325. The highest BCUT2D eigenvalue weighted by Gasteiger charge is 2.26. The van der Waals surface area contributed by atoms with Crippen molar-refractivity contribution in [2.24, 2.45) is 0 Å². The maximum atomic E-state index is 12.1.